The molecule has 72 valence electrons. The maximum atomic E-state index is 12.8. The maximum absolute atomic E-state index is 12.8. The van der Waals surface area contributed by atoms with E-state index in [1.807, 2.05) is 0 Å². The van der Waals surface area contributed by atoms with Gasteiger partial charge in [0.25, 0.3) is 0 Å². The lowest BCUT2D eigenvalue weighted by Gasteiger charge is -2.08. The fourth-order valence-corrected chi connectivity index (χ4v) is 1.22. The Morgan fingerprint density at radius 2 is 2.23 bits per heavy atom. The second kappa shape index (κ2) is 4.43. The monoisotopic (exact) mass is 249 g/mol. The van der Waals surface area contributed by atoms with Crippen LogP contribution >= 0.6 is 15.9 Å². The number of hydrogen-bond acceptors (Lipinski definition) is 3. The van der Waals surface area contributed by atoms with Crippen LogP contribution in [0.4, 0.5) is 10.1 Å². The van der Waals surface area contributed by atoms with Crippen molar-refractivity contribution in [2.75, 3.05) is 19.6 Å². The summed E-state index contributed by atoms with van der Waals surface area (Å²) in [7, 11) is 1.48. The standard InChI is InChI=1S/C8H9BrFNO2/c1-12-4-13-7-3-5(10)2-6(9)8(7)11/h2-3H,4,11H2,1H3. The highest BCUT2D eigenvalue weighted by molar-refractivity contribution is 9.10. The molecular weight excluding hydrogens is 241 g/mol. The quantitative estimate of drug-likeness (QED) is 0.660. The van der Waals surface area contributed by atoms with Gasteiger partial charge < -0.3 is 15.2 Å². The van der Waals surface area contributed by atoms with Crippen molar-refractivity contribution in [2.24, 2.45) is 0 Å². The summed E-state index contributed by atoms with van der Waals surface area (Å²) in [6, 6.07) is 2.48. The molecule has 0 radical (unpaired) electrons. The highest BCUT2D eigenvalue weighted by Crippen LogP contribution is 2.30. The normalized spacial score (nSPS) is 10.1. The Morgan fingerprint density at radius 1 is 1.54 bits per heavy atom. The van der Waals surface area contributed by atoms with Crippen LogP contribution in [-0.4, -0.2) is 13.9 Å². The number of nitrogen functional groups attached to an aromatic ring is 1. The third kappa shape index (κ3) is 2.57. The fraction of sp³-hybridized carbons (Fsp3) is 0.250. The third-order valence-corrected chi connectivity index (χ3v) is 2.04. The van der Waals surface area contributed by atoms with Gasteiger partial charge in [-0.2, -0.15) is 0 Å². The molecular formula is C8H9BrFNO2. The van der Waals surface area contributed by atoms with Crippen molar-refractivity contribution in [1.82, 2.24) is 0 Å². The molecule has 0 aliphatic carbocycles. The van der Waals surface area contributed by atoms with Gasteiger partial charge in [0.05, 0.1) is 5.69 Å². The molecule has 0 aliphatic heterocycles. The van der Waals surface area contributed by atoms with Crippen LogP contribution in [0.1, 0.15) is 0 Å². The first-order chi connectivity index (χ1) is 6.15. The van der Waals surface area contributed by atoms with E-state index in [1.54, 1.807) is 0 Å². The number of hydrogen-bond donors (Lipinski definition) is 1. The molecule has 0 aromatic heterocycles. The molecule has 3 nitrogen and oxygen atoms in total. The van der Waals surface area contributed by atoms with Gasteiger partial charge in [-0.05, 0) is 22.0 Å². The van der Waals surface area contributed by atoms with Gasteiger partial charge in [0.1, 0.15) is 11.6 Å². The van der Waals surface area contributed by atoms with Crippen molar-refractivity contribution in [3.8, 4) is 5.75 Å². The van der Waals surface area contributed by atoms with Gasteiger partial charge in [-0.3, -0.25) is 0 Å². The van der Waals surface area contributed by atoms with Gasteiger partial charge in [-0.15, -0.1) is 0 Å². The minimum absolute atomic E-state index is 0.0418. The molecule has 0 atom stereocenters. The fourth-order valence-electron chi connectivity index (χ4n) is 0.803. The zero-order chi connectivity index (χ0) is 9.84. The first-order valence-corrected chi connectivity index (χ1v) is 4.30. The van der Waals surface area contributed by atoms with Gasteiger partial charge in [-0.25, -0.2) is 4.39 Å². The van der Waals surface area contributed by atoms with Gasteiger partial charge in [0, 0.05) is 17.6 Å². The molecule has 1 aromatic carbocycles. The molecule has 0 amide bonds. The van der Waals surface area contributed by atoms with E-state index in [4.69, 9.17) is 10.5 Å². The Balaban J connectivity index is 2.92. The van der Waals surface area contributed by atoms with Crippen molar-refractivity contribution in [3.63, 3.8) is 0 Å². The topological polar surface area (TPSA) is 44.5 Å². The Labute approximate surface area is 83.8 Å². The number of methoxy groups -OCH3 is 1. The molecule has 0 fully saturated rings. The number of anilines is 1. The summed E-state index contributed by atoms with van der Waals surface area (Å²) in [4.78, 5) is 0. The molecule has 0 spiro atoms. The second-order valence-corrected chi connectivity index (χ2v) is 3.20. The van der Waals surface area contributed by atoms with Gasteiger partial charge >= 0.3 is 0 Å². The van der Waals surface area contributed by atoms with Crippen LogP contribution in [0, 0.1) is 5.82 Å². The summed E-state index contributed by atoms with van der Waals surface area (Å²) in [5.74, 6) is -0.138. The summed E-state index contributed by atoms with van der Waals surface area (Å²) in [5.41, 5.74) is 5.96. The van der Waals surface area contributed by atoms with E-state index in [0.717, 1.165) is 0 Å². The van der Waals surface area contributed by atoms with Crippen molar-refractivity contribution in [3.05, 3.63) is 22.4 Å². The van der Waals surface area contributed by atoms with E-state index in [1.165, 1.54) is 19.2 Å². The summed E-state index contributed by atoms with van der Waals surface area (Å²) in [5, 5.41) is 0. The van der Waals surface area contributed by atoms with Crippen LogP contribution in [-0.2, 0) is 4.74 Å². The zero-order valence-corrected chi connectivity index (χ0v) is 8.60. The first kappa shape index (κ1) is 10.3. The van der Waals surface area contributed by atoms with Crippen LogP contribution in [0.25, 0.3) is 0 Å². The van der Waals surface area contributed by atoms with Crippen molar-refractivity contribution >= 4 is 21.6 Å². The molecule has 1 aromatic rings. The predicted octanol–water partition coefficient (Wildman–Crippen LogP) is 2.15. The Kier molecular flexibility index (Phi) is 3.50. The summed E-state index contributed by atoms with van der Waals surface area (Å²) in [6.45, 7) is 0.0418. The summed E-state index contributed by atoms with van der Waals surface area (Å²) < 4.78 is 23.0. The molecule has 0 saturated heterocycles. The first-order valence-electron chi connectivity index (χ1n) is 3.51. The molecule has 0 saturated carbocycles. The zero-order valence-electron chi connectivity index (χ0n) is 7.01. The SMILES string of the molecule is COCOc1cc(F)cc(Br)c1N. The molecule has 0 unspecified atom stereocenters. The number of ether oxygens (including phenoxy) is 2. The largest absolute Gasteiger partial charge is 0.465 e. The molecule has 0 heterocycles. The molecule has 13 heavy (non-hydrogen) atoms. The molecule has 0 bridgehead atoms. The molecule has 1 rings (SSSR count). The van der Waals surface area contributed by atoms with Crippen molar-refractivity contribution in [1.29, 1.82) is 0 Å². The van der Waals surface area contributed by atoms with E-state index in [-0.39, 0.29) is 12.5 Å². The maximum Gasteiger partial charge on any atom is 0.188 e. The van der Waals surface area contributed by atoms with Crippen LogP contribution in [0.2, 0.25) is 0 Å². The number of halogens is 2. The Morgan fingerprint density at radius 3 is 2.85 bits per heavy atom. The van der Waals surface area contributed by atoms with Crippen LogP contribution in [0.3, 0.4) is 0 Å². The molecule has 5 heteroatoms. The lowest BCUT2D eigenvalue weighted by molar-refractivity contribution is 0.0514. The second-order valence-electron chi connectivity index (χ2n) is 2.35. The van der Waals surface area contributed by atoms with Crippen molar-refractivity contribution in [2.45, 2.75) is 0 Å². The Bertz CT molecular complexity index is 306. The number of nitrogens with two attached hydrogens (primary N) is 1. The molecule has 0 aliphatic rings. The predicted molar refractivity (Wildman–Crippen MR) is 51.0 cm³/mol. The van der Waals surface area contributed by atoms with Gasteiger partial charge in [-0.1, -0.05) is 0 Å². The minimum Gasteiger partial charge on any atom is -0.465 e. The highest BCUT2D eigenvalue weighted by Gasteiger charge is 2.06. The highest BCUT2D eigenvalue weighted by atomic mass is 79.9. The van der Waals surface area contributed by atoms with Gasteiger partial charge in [0.2, 0.25) is 0 Å². The Hall–Kier alpha value is -0.810. The summed E-state index contributed by atoms with van der Waals surface area (Å²) in [6.07, 6.45) is 0. The van der Waals surface area contributed by atoms with Crippen LogP contribution in [0.15, 0.2) is 16.6 Å². The average molecular weight is 250 g/mol. The minimum atomic E-state index is -0.410. The third-order valence-electron chi connectivity index (χ3n) is 1.39. The summed E-state index contributed by atoms with van der Waals surface area (Å²) >= 11 is 3.10. The van der Waals surface area contributed by atoms with E-state index in [0.29, 0.717) is 10.2 Å². The van der Waals surface area contributed by atoms with Gasteiger partial charge in [0.15, 0.2) is 6.79 Å². The van der Waals surface area contributed by atoms with Crippen LogP contribution < -0.4 is 10.5 Å². The average Bonchev–Trinajstić information content (AvgIpc) is 2.09. The van der Waals surface area contributed by atoms with E-state index in [9.17, 15) is 4.39 Å². The van der Waals surface area contributed by atoms with Crippen molar-refractivity contribution < 1.29 is 13.9 Å². The lowest BCUT2D eigenvalue weighted by Crippen LogP contribution is -2.02. The number of benzene rings is 1. The van der Waals surface area contributed by atoms with Crippen LogP contribution in [0.5, 0.6) is 5.75 Å². The van der Waals surface area contributed by atoms with E-state index >= 15 is 0 Å². The smallest absolute Gasteiger partial charge is 0.188 e. The molecule has 2 N–H and O–H groups in total. The number of rotatable bonds is 3. The van der Waals surface area contributed by atoms with E-state index < -0.39 is 5.82 Å². The van der Waals surface area contributed by atoms with E-state index in [2.05, 4.69) is 20.7 Å². The lowest BCUT2D eigenvalue weighted by atomic mass is 10.3.